The highest BCUT2D eigenvalue weighted by Crippen LogP contribution is 2.23. The summed E-state index contributed by atoms with van der Waals surface area (Å²) in [5, 5.41) is 0. The molecule has 27 heavy (non-hydrogen) atoms. The van der Waals surface area contributed by atoms with Gasteiger partial charge in [-0.2, -0.15) is 4.31 Å². The Morgan fingerprint density at radius 1 is 1.15 bits per heavy atom. The molecule has 2 saturated heterocycles. The van der Waals surface area contributed by atoms with Crippen molar-refractivity contribution < 1.29 is 22.3 Å². The van der Waals surface area contributed by atoms with Crippen LogP contribution in [0.5, 0.6) is 0 Å². The van der Waals surface area contributed by atoms with Crippen LogP contribution in [0.2, 0.25) is 0 Å². The van der Waals surface area contributed by atoms with Crippen LogP contribution in [-0.2, 0) is 19.6 Å². The number of amides is 1. The van der Waals surface area contributed by atoms with Crippen molar-refractivity contribution in [3.05, 3.63) is 30.1 Å². The molecule has 1 aromatic rings. The van der Waals surface area contributed by atoms with Crippen molar-refractivity contribution in [3.8, 4) is 0 Å². The minimum Gasteiger partial charge on any atom is -0.383 e. The third-order valence-corrected chi connectivity index (χ3v) is 7.15. The van der Waals surface area contributed by atoms with Crippen LogP contribution in [0, 0.1) is 5.82 Å². The van der Waals surface area contributed by atoms with E-state index in [4.69, 9.17) is 4.74 Å². The summed E-state index contributed by atoms with van der Waals surface area (Å²) in [4.78, 5) is 16.2. The molecule has 9 heteroatoms. The molecule has 150 valence electrons. The van der Waals surface area contributed by atoms with Crippen LogP contribution in [0.15, 0.2) is 29.2 Å². The van der Waals surface area contributed by atoms with Crippen molar-refractivity contribution in [2.75, 3.05) is 53.0 Å². The molecule has 1 amide bonds. The summed E-state index contributed by atoms with van der Waals surface area (Å²) in [5.41, 5.74) is 0. The van der Waals surface area contributed by atoms with Crippen LogP contribution < -0.4 is 0 Å². The van der Waals surface area contributed by atoms with E-state index in [1.807, 2.05) is 0 Å². The normalized spacial score (nSPS) is 23.0. The lowest BCUT2D eigenvalue weighted by molar-refractivity contribution is -0.132. The molecule has 2 fully saturated rings. The quantitative estimate of drug-likeness (QED) is 0.707. The average Bonchev–Trinajstić information content (AvgIpc) is 2.85. The van der Waals surface area contributed by atoms with Crippen molar-refractivity contribution in [1.29, 1.82) is 0 Å². The monoisotopic (exact) mass is 399 g/mol. The van der Waals surface area contributed by atoms with Crippen LogP contribution in [0.3, 0.4) is 0 Å². The standard InChI is InChI=1S/C18H26FN3O4S/c1-26-14-13-21-10-7-16(18(21)23)20-8-4-9-22(12-11-20)27(24,25)17-6-3-2-5-15(17)19/h2-3,5-6,16H,4,7-14H2,1H3. The molecule has 2 heterocycles. The summed E-state index contributed by atoms with van der Waals surface area (Å²) in [6.07, 6.45) is 1.35. The van der Waals surface area contributed by atoms with Crippen LogP contribution in [-0.4, -0.2) is 87.5 Å². The van der Waals surface area contributed by atoms with E-state index in [1.165, 1.54) is 22.5 Å². The van der Waals surface area contributed by atoms with Gasteiger partial charge in [-0.3, -0.25) is 9.69 Å². The smallest absolute Gasteiger partial charge is 0.246 e. The van der Waals surface area contributed by atoms with Crippen molar-refractivity contribution >= 4 is 15.9 Å². The summed E-state index contributed by atoms with van der Waals surface area (Å²) in [7, 11) is -2.27. The number of halogens is 1. The highest BCUT2D eigenvalue weighted by Gasteiger charge is 2.37. The molecule has 1 unspecified atom stereocenters. The number of carbonyl (C=O) groups is 1. The zero-order valence-electron chi connectivity index (χ0n) is 15.5. The van der Waals surface area contributed by atoms with E-state index in [-0.39, 0.29) is 23.4 Å². The molecule has 2 aliphatic heterocycles. The number of rotatable bonds is 6. The van der Waals surface area contributed by atoms with Gasteiger partial charge in [0.05, 0.1) is 12.6 Å². The molecule has 0 spiro atoms. The van der Waals surface area contributed by atoms with Crippen LogP contribution in [0.25, 0.3) is 0 Å². The minimum atomic E-state index is -3.88. The molecule has 1 atom stereocenters. The van der Waals surface area contributed by atoms with Crippen molar-refractivity contribution in [1.82, 2.24) is 14.1 Å². The number of sulfonamides is 1. The second-order valence-electron chi connectivity index (χ2n) is 6.85. The minimum absolute atomic E-state index is 0.0810. The zero-order chi connectivity index (χ0) is 19.4. The van der Waals surface area contributed by atoms with Crippen LogP contribution in [0.1, 0.15) is 12.8 Å². The topological polar surface area (TPSA) is 70.2 Å². The summed E-state index contributed by atoms with van der Waals surface area (Å²) in [6, 6.07) is 5.23. The summed E-state index contributed by atoms with van der Waals surface area (Å²) < 4.78 is 46.0. The van der Waals surface area contributed by atoms with Gasteiger partial charge in [0.25, 0.3) is 0 Å². The summed E-state index contributed by atoms with van der Waals surface area (Å²) in [5.74, 6) is -0.657. The molecule has 7 nitrogen and oxygen atoms in total. The van der Waals surface area contributed by atoms with Gasteiger partial charge < -0.3 is 9.64 Å². The van der Waals surface area contributed by atoms with Crippen molar-refractivity contribution in [3.63, 3.8) is 0 Å². The molecular weight excluding hydrogens is 373 g/mol. The molecule has 0 radical (unpaired) electrons. The van der Waals surface area contributed by atoms with E-state index in [0.717, 1.165) is 12.5 Å². The second-order valence-corrected chi connectivity index (χ2v) is 8.75. The molecule has 0 aliphatic carbocycles. The SMILES string of the molecule is COCCN1CCC(N2CCCN(S(=O)(=O)c3ccccc3F)CC2)C1=O. The van der Waals surface area contributed by atoms with Gasteiger partial charge in [-0.25, -0.2) is 12.8 Å². The number of hydrogen-bond donors (Lipinski definition) is 0. The Hall–Kier alpha value is -1.55. The zero-order valence-corrected chi connectivity index (χ0v) is 16.3. The maximum absolute atomic E-state index is 14.0. The van der Waals surface area contributed by atoms with E-state index < -0.39 is 15.8 Å². The second kappa shape index (κ2) is 8.64. The number of nitrogens with zero attached hydrogens (tertiary/aromatic N) is 3. The summed E-state index contributed by atoms with van der Waals surface area (Å²) in [6.45, 7) is 3.46. The lowest BCUT2D eigenvalue weighted by Gasteiger charge is -2.26. The van der Waals surface area contributed by atoms with Crippen LogP contribution in [0.4, 0.5) is 4.39 Å². The highest BCUT2D eigenvalue weighted by atomic mass is 32.2. The van der Waals surface area contributed by atoms with Gasteiger partial charge in [-0.1, -0.05) is 12.1 Å². The average molecular weight is 399 g/mol. The van der Waals surface area contributed by atoms with Gasteiger partial charge in [0, 0.05) is 46.4 Å². The fourth-order valence-corrected chi connectivity index (χ4v) is 5.28. The number of methoxy groups -OCH3 is 1. The van der Waals surface area contributed by atoms with Gasteiger partial charge in [-0.05, 0) is 25.0 Å². The first kappa shape index (κ1) is 20.2. The van der Waals surface area contributed by atoms with Crippen molar-refractivity contribution in [2.45, 2.75) is 23.8 Å². The Morgan fingerprint density at radius 2 is 1.93 bits per heavy atom. The lowest BCUT2D eigenvalue weighted by atomic mass is 10.2. The third kappa shape index (κ3) is 4.31. The molecule has 0 bridgehead atoms. The van der Waals surface area contributed by atoms with E-state index >= 15 is 0 Å². The number of ether oxygens (including phenoxy) is 1. The first-order valence-corrected chi connectivity index (χ1v) is 10.7. The molecule has 2 aliphatic rings. The maximum atomic E-state index is 14.0. The Balaban J connectivity index is 1.66. The number of hydrogen-bond acceptors (Lipinski definition) is 5. The van der Waals surface area contributed by atoms with Gasteiger partial charge in [0.15, 0.2) is 0 Å². The number of likely N-dealkylation sites (tertiary alicyclic amines) is 1. The Labute approximate surface area is 159 Å². The largest absolute Gasteiger partial charge is 0.383 e. The molecule has 3 rings (SSSR count). The third-order valence-electron chi connectivity index (χ3n) is 5.22. The Kier molecular flexibility index (Phi) is 6.46. The fourth-order valence-electron chi connectivity index (χ4n) is 3.74. The number of benzene rings is 1. The predicted octanol–water partition coefficient (Wildman–Crippen LogP) is 0.769. The molecular formula is C18H26FN3O4S. The molecule has 0 N–H and O–H groups in total. The van der Waals surface area contributed by atoms with Gasteiger partial charge in [0.2, 0.25) is 15.9 Å². The molecule has 0 saturated carbocycles. The highest BCUT2D eigenvalue weighted by molar-refractivity contribution is 7.89. The van der Waals surface area contributed by atoms with Gasteiger partial charge in [0.1, 0.15) is 10.7 Å². The van der Waals surface area contributed by atoms with E-state index in [1.54, 1.807) is 12.0 Å². The van der Waals surface area contributed by atoms with E-state index in [0.29, 0.717) is 45.8 Å². The lowest BCUT2D eigenvalue weighted by Crippen LogP contribution is -2.44. The van der Waals surface area contributed by atoms with Crippen molar-refractivity contribution in [2.24, 2.45) is 0 Å². The maximum Gasteiger partial charge on any atom is 0.246 e. The number of carbonyl (C=O) groups excluding carboxylic acids is 1. The van der Waals surface area contributed by atoms with E-state index in [9.17, 15) is 17.6 Å². The molecule has 1 aromatic carbocycles. The van der Waals surface area contributed by atoms with Crippen LogP contribution >= 0.6 is 0 Å². The van der Waals surface area contributed by atoms with E-state index in [2.05, 4.69) is 4.90 Å². The Morgan fingerprint density at radius 3 is 2.67 bits per heavy atom. The van der Waals surface area contributed by atoms with Gasteiger partial charge >= 0.3 is 0 Å². The fraction of sp³-hybridized carbons (Fsp3) is 0.611. The van der Waals surface area contributed by atoms with Gasteiger partial charge in [-0.15, -0.1) is 0 Å². The summed E-state index contributed by atoms with van der Waals surface area (Å²) >= 11 is 0. The predicted molar refractivity (Wildman–Crippen MR) is 98.2 cm³/mol. The first-order valence-electron chi connectivity index (χ1n) is 9.21. The Bertz CT molecular complexity index is 774. The molecule has 0 aromatic heterocycles. The first-order chi connectivity index (χ1) is 12.9.